The second-order valence-corrected chi connectivity index (χ2v) is 13.5. The zero-order valence-electron chi connectivity index (χ0n) is 22.1. The summed E-state index contributed by atoms with van der Waals surface area (Å²) in [4.78, 5) is 12.1. The Balaban J connectivity index is 1.58. The first-order valence-electron chi connectivity index (χ1n) is 14.0. The van der Waals surface area contributed by atoms with Crippen molar-refractivity contribution >= 4 is 5.97 Å². The fourth-order valence-electron chi connectivity index (χ4n) is 9.60. The molecule has 0 amide bonds. The monoisotopic (exact) mass is 462 g/mol. The third kappa shape index (κ3) is 4.20. The van der Waals surface area contributed by atoms with Crippen molar-refractivity contribution in [3.8, 4) is 0 Å². The van der Waals surface area contributed by atoms with Crippen molar-refractivity contribution in [1.29, 1.82) is 0 Å². The number of carbonyl (C=O) groups is 1. The van der Waals surface area contributed by atoms with Crippen LogP contribution >= 0.6 is 0 Å². The average Bonchev–Trinajstić information content (AvgIpc) is 3.07. The van der Waals surface area contributed by atoms with Gasteiger partial charge in [0.1, 0.15) is 11.7 Å². The minimum atomic E-state index is -1.12. The lowest BCUT2D eigenvalue weighted by Crippen LogP contribution is -2.69. The number of aliphatic hydroxyl groups is 2. The molecular formula is C29H50O4. The highest BCUT2D eigenvalue weighted by molar-refractivity contribution is 5.66. The van der Waals surface area contributed by atoms with Gasteiger partial charge in [0.2, 0.25) is 0 Å². The quantitative estimate of drug-likeness (QED) is 0.466. The van der Waals surface area contributed by atoms with Crippen LogP contribution in [0.4, 0.5) is 0 Å². The van der Waals surface area contributed by atoms with Gasteiger partial charge in [-0.2, -0.15) is 0 Å². The lowest BCUT2D eigenvalue weighted by Gasteiger charge is -2.65. The van der Waals surface area contributed by atoms with E-state index in [1.807, 2.05) is 0 Å². The van der Waals surface area contributed by atoms with Crippen LogP contribution in [0.15, 0.2) is 0 Å². The maximum Gasteiger partial charge on any atom is 0.303 e. The van der Waals surface area contributed by atoms with Gasteiger partial charge < -0.3 is 14.9 Å². The molecular weight excluding hydrogens is 412 g/mol. The SMILES string of the molecule is CC(=O)O[C@@H]1C[C@H]2[C@@H]3CC[C@H]([C@H](C)CCCC(C)C)[C@@]3(C)CC[C@@H]2[C@@]2(C)CC[C@H](O)C[C@]12O. The van der Waals surface area contributed by atoms with Crippen LogP contribution in [0.2, 0.25) is 0 Å². The number of carbonyl (C=O) groups excluding carboxylic acids is 1. The van der Waals surface area contributed by atoms with Gasteiger partial charge >= 0.3 is 5.97 Å². The number of fused-ring (bicyclic) bond motifs is 5. The highest BCUT2D eigenvalue weighted by Crippen LogP contribution is 2.69. The van der Waals surface area contributed by atoms with Gasteiger partial charge in [-0.1, -0.05) is 53.9 Å². The molecule has 0 aromatic heterocycles. The zero-order valence-corrected chi connectivity index (χ0v) is 22.1. The highest BCUT2D eigenvalue weighted by atomic mass is 16.6. The minimum absolute atomic E-state index is 0.294. The summed E-state index contributed by atoms with van der Waals surface area (Å²) in [5, 5.41) is 22.5. The van der Waals surface area contributed by atoms with Crippen LogP contribution in [0.5, 0.6) is 0 Å². The molecule has 10 atom stereocenters. The summed E-state index contributed by atoms with van der Waals surface area (Å²) in [5.41, 5.74) is -1.05. The summed E-state index contributed by atoms with van der Waals surface area (Å²) in [6.07, 6.45) is 10.7. The van der Waals surface area contributed by atoms with Crippen LogP contribution in [0, 0.1) is 46.3 Å². The molecule has 0 saturated heterocycles. The fourth-order valence-corrected chi connectivity index (χ4v) is 9.60. The number of hydrogen-bond donors (Lipinski definition) is 2. The largest absolute Gasteiger partial charge is 0.459 e. The van der Waals surface area contributed by atoms with E-state index in [1.54, 1.807) is 0 Å². The third-order valence-electron chi connectivity index (χ3n) is 11.3. The molecule has 4 aliphatic rings. The molecule has 4 nitrogen and oxygen atoms in total. The van der Waals surface area contributed by atoms with Crippen LogP contribution < -0.4 is 0 Å². The van der Waals surface area contributed by atoms with Crippen molar-refractivity contribution in [2.24, 2.45) is 46.3 Å². The first-order valence-corrected chi connectivity index (χ1v) is 14.0. The topological polar surface area (TPSA) is 66.8 Å². The Kier molecular flexibility index (Phi) is 7.04. The van der Waals surface area contributed by atoms with E-state index < -0.39 is 17.8 Å². The predicted molar refractivity (Wildman–Crippen MR) is 131 cm³/mol. The highest BCUT2D eigenvalue weighted by Gasteiger charge is 2.68. The molecule has 4 heteroatoms. The molecule has 0 aliphatic heterocycles. The Morgan fingerprint density at radius 3 is 2.42 bits per heavy atom. The van der Waals surface area contributed by atoms with Crippen LogP contribution in [0.3, 0.4) is 0 Å². The summed E-state index contributed by atoms with van der Waals surface area (Å²) < 4.78 is 5.86. The molecule has 2 N–H and O–H groups in total. The molecule has 190 valence electrons. The van der Waals surface area contributed by atoms with E-state index >= 15 is 0 Å². The van der Waals surface area contributed by atoms with Gasteiger partial charge in [0.05, 0.1) is 6.10 Å². The van der Waals surface area contributed by atoms with Crippen molar-refractivity contribution < 1.29 is 19.7 Å². The van der Waals surface area contributed by atoms with Crippen molar-refractivity contribution in [3.63, 3.8) is 0 Å². The first kappa shape index (κ1) is 25.5. The molecule has 4 fully saturated rings. The van der Waals surface area contributed by atoms with Gasteiger partial charge in [0.15, 0.2) is 0 Å². The van der Waals surface area contributed by atoms with E-state index in [1.165, 1.54) is 45.4 Å². The number of ether oxygens (including phenoxy) is 1. The first-order chi connectivity index (χ1) is 15.4. The van der Waals surface area contributed by atoms with E-state index in [0.29, 0.717) is 29.6 Å². The Morgan fingerprint density at radius 1 is 1.03 bits per heavy atom. The van der Waals surface area contributed by atoms with E-state index in [4.69, 9.17) is 4.74 Å². The van der Waals surface area contributed by atoms with E-state index in [0.717, 1.165) is 43.4 Å². The lowest BCUT2D eigenvalue weighted by atomic mass is 9.42. The minimum Gasteiger partial charge on any atom is -0.459 e. The van der Waals surface area contributed by atoms with E-state index in [2.05, 4.69) is 34.6 Å². The van der Waals surface area contributed by atoms with Gasteiger partial charge in [-0.3, -0.25) is 4.79 Å². The molecule has 4 saturated carbocycles. The Bertz CT molecular complexity index is 720. The molecule has 0 radical (unpaired) electrons. The summed E-state index contributed by atoms with van der Waals surface area (Å²) in [5.74, 6) is 3.63. The molecule has 0 unspecified atom stereocenters. The average molecular weight is 463 g/mol. The molecule has 0 heterocycles. The Hall–Kier alpha value is -0.610. The van der Waals surface area contributed by atoms with E-state index in [9.17, 15) is 15.0 Å². The number of rotatable bonds is 6. The fraction of sp³-hybridized carbons (Fsp3) is 0.966. The van der Waals surface area contributed by atoms with Crippen LogP contribution in [0.1, 0.15) is 112 Å². The van der Waals surface area contributed by atoms with Gasteiger partial charge in [-0.05, 0) is 85.9 Å². The van der Waals surface area contributed by atoms with Crippen LogP contribution in [0.25, 0.3) is 0 Å². The van der Waals surface area contributed by atoms with Crippen molar-refractivity contribution in [2.45, 2.75) is 130 Å². The van der Waals surface area contributed by atoms with Crippen molar-refractivity contribution in [1.82, 2.24) is 0 Å². The number of aliphatic hydroxyl groups excluding tert-OH is 1. The molecule has 0 bridgehead atoms. The smallest absolute Gasteiger partial charge is 0.303 e. The summed E-state index contributed by atoms with van der Waals surface area (Å²) in [6.45, 7) is 13.4. The van der Waals surface area contributed by atoms with Crippen molar-refractivity contribution in [2.75, 3.05) is 0 Å². The zero-order chi connectivity index (χ0) is 24.2. The molecule has 4 rings (SSSR count). The second-order valence-electron chi connectivity index (χ2n) is 13.5. The van der Waals surface area contributed by atoms with Gasteiger partial charge in [0.25, 0.3) is 0 Å². The Morgan fingerprint density at radius 2 is 1.76 bits per heavy atom. The molecule has 0 spiro atoms. The van der Waals surface area contributed by atoms with Gasteiger partial charge in [0, 0.05) is 18.8 Å². The second kappa shape index (κ2) is 9.12. The standard InChI is InChI=1S/C29H50O4/c1-18(2)8-7-9-19(3)23-10-11-24-22-16-26(33-20(4)30)29(32)17-21(31)12-15-28(29,6)25(22)13-14-27(23,24)5/h18-19,21-26,31-32H,7-17H2,1-6H3/t19-,21+,22+,23-,24+,25+,26-,27-,28-,29+/m1/s1. The Labute approximate surface area is 202 Å². The molecule has 33 heavy (non-hydrogen) atoms. The maximum absolute atomic E-state index is 12.1. The van der Waals surface area contributed by atoms with E-state index in [-0.39, 0.29) is 11.4 Å². The normalized spacial score (nSPS) is 48.0. The van der Waals surface area contributed by atoms with Crippen LogP contribution in [-0.4, -0.2) is 34.0 Å². The summed E-state index contributed by atoms with van der Waals surface area (Å²) >= 11 is 0. The van der Waals surface area contributed by atoms with Crippen LogP contribution in [-0.2, 0) is 9.53 Å². The van der Waals surface area contributed by atoms with Gasteiger partial charge in [-0.25, -0.2) is 0 Å². The predicted octanol–water partition coefficient (Wildman–Crippen LogP) is 6.13. The van der Waals surface area contributed by atoms with Gasteiger partial charge in [-0.15, -0.1) is 0 Å². The lowest BCUT2D eigenvalue weighted by molar-refractivity contribution is -0.269. The molecule has 0 aromatic carbocycles. The summed E-state index contributed by atoms with van der Waals surface area (Å²) in [7, 11) is 0. The number of esters is 1. The van der Waals surface area contributed by atoms with Crippen molar-refractivity contribution in [3.05, 3.63) is 0 Å². The molecule has 0 aromatic rings. The third-order valence-corrected chi connectivity index (χ3v) is 11.3. The number of hydrogen-bond acceptors (Lipinski definition) is 4. The maximum atomic E-state index is 12.1. The summed E-state index contributed by atoms with van der Waals surface area (Å²) in [6, 6.07) is 0. The molecule has 4 aliphatic carbocycles.